The number of thioether (sulfide) groups is 1. The molecule has 10 heteroatoms. The number of methoxy groups -OCH3 is 1. The quantitative estimate of drug-likeness (QED) is 0.276. The Balaban J connectivity index is 1.33. The first-order valence-corrected chi connectivity index (χ1v) is 13.4. The van der Waals surface area contributed by atoms with Crippen molar-refractivity contribution in [1.82, 2.24) is 19.7 Å². The van der Waals surface area contributed by atoms with Gasteiger partial charge in [0, 0.05) is 35.4 Å². The first kappa shape index (κ1) is 22.1. The summed E-state index contributed by atoms with van der Waals surface area (Å²) >= 11 is 4.85. The molecule has 0 bridgehead atoms. The van der Waals surface area contributed by atoms with E-state index in [1.807, 2.05) is 29.6 Å². The van der Waals surface area contributed by atoms with Crippen LogP contribution in [0.3, 0.4) is 0 Å². The zero-order valence-corrected chi connectivity index (χ0v) is 20.8. The lowest BCUT2D eigenvalue weighted by Crippen LogP contribution is -2.23. The van der Waals surface area contributed by atoms with Gasteiger partial charge in [0.05, 0.1) is 18.5 Å². The van der Waals surface area contributed by atoms with Crippen LogP contribution in [0.5, 0.6) is 5.75 Å². The van der Waals surface area contributed by atoms with E-state index in [2.05, 4.69) is 32.3 Å². The zero-order chi connectivity index (χ0) is 22.8. The maximum Gasteiger partial charge on any atom is 0.230 e. The van der Waals surface area contributed by atoms with Crippen LogP contribution in [0.25, 0.3) is 0 Å². The summed E-state index contributed by atoms with van der Waals surface area (Å²) in [5.41, 5.74) is 1.60. The largest absolute Gasteiger partial charge is 0.495 e. The number of amides is 1. The third-order valence-electron chi connectivity index (χ3n) is 5.28. The van der Waals surface area contributed by atoms with Crippen LogP contribution in [-0.2, 0) is 17.0 Å². The Morgan fingerprint density at radius 2 is 2.06 bits per heavy atom. The number of carbonyl (C=O) groups excluding carboxylic acids is 1. The standard InChI is InChI=1S/C23H23N5O2S3/c1-15(29)27(19-7-3-4-8-20(19)30-2)22-24-16(13-32-22)14-33-23-26-25-21(28(23)17-9-10-17)12-18-6-5-11-31-18/h3-8,11,13,17H,9-10,12,14H2,1-2H3. The van der Waals surface area contributed by atoms with Crippen LogP contribution in [0, 0.1) is 0 Å². The van der Waals surface area contributed by atoms with Crippen molar-refractivity contribution in [3.8, 4) is 5.75 Å². The molecule has 1 fully saturated rings. The number of aromatic nitrogens is 4. The molecule has 33 heavy (non-hydrogen) atoms. The van der Waals surface area contributed by atoms with Crippen molar-refractivity contribution < 1.29 is 9.53 Å². The lowest BCUT2D eigenvalue weighted by molar-refractivity contribution is -0.115. The Morgan fingerprint density at radius 1 is 1.21 bits per heavy atom. The number of thiophene rings is 1. The fourth-order valence-corrected chi connectivity index (χ4v) is 6.22. The highest BCUT2D eigenvalue weighted by Gasteiger charge is 2.30. The van der Waals surface area contributed by atoms with Gasteiger partial charge in [-0.1, -0.05) is 30.0 Å². The fourth-order valence-electron chi connectivity index (χ4n) is 3.62. The molecule has 3 aromatic heterocycles. The summed E-state index contributed by atoms with van der Waals surface area (Å²) in [7, 11) is 1.60. The summed E-state index contributed by atoms with van der Waals surface area (Å²) in [6.07, 6.45) is 3.17. The molecule has 1 aliphatic carbocycles. The van der Waals surface area contributed by atoms with E-state index in [1.54, 1.807) is 35.1 Å². The third kappa shape index (κ3) is 4.83. The molecule has 0 atom stereocenters. The van der Waals surface area contributed by atoms with Crippen molar-refractivity contribution in [2.24, 2.45) is 0 Å². The molecule has 1 aliphatic rings. The Kier molecular flexibility index (Phi) is 6.48. The normalized spacial score (nSPS) is 13.3. The Labute approximate surface area is 204 Å². The predicted molar refractivity (Wildman–Crippen MR) is 133 cm³/mol. The molecule has 3 heterocycles. The fraction of sp³-hybridized carbons (Fsp3) is 0.304. The van der Waals surface area contributed by atoms with E-state index in [0.29, 0.717) is 28.4 Å². The van der Waals surface area contributed by atoms with Gasteiger partial charge in [-0.15, -0.1) is 32.9 Å². The van der Waals surface area contributed by atoms with Crippen molar-refractivity contribution in [2.45, 2.75) is 43.1 Å². The molecule has 1 amide bonds. The SMILES string of the molecule is COc1ccccc1N(C(C)=O)c1nc(CSc2nnc(Cc3cccs3)n2C2CC2)cs1. The van der Waals surface area contributed by atoms with Gasteiger partial charge in [0.2, 0.25) is 5.91 Å². The van der Waals surface area contributed by atoms with Gasteiger partial charge in [0.15, 0.2) is 10.3 Å². The number of nitrogens with zero attached hydrogens (tertiary/aromatic N) is 5. The Bertz CT molecular complexity index is 1250. The average molecular weight is 498 g/mol. The van der Waals surface area contributed by atoms with Gasteiger partial charge in [-0.25, -0.2) is 4.98 Å². The number of hydrogen-bond donors (Lipinski definition) is 0. The summed E-state index contributed by atoms with van der Waals surface area (Å²) in [5, 5.41) is 14.6. The maximum absolute atomic E-state index is 12.5. The molecular weight excluding hydrogens is 474 g/mol. The summed E-state index contributed by atoms with van der Waals surface area (Å²) in [6, 6.07) is 12.2. The van der Waals surface area contributed by atoms with E-state index >= 15 is 0 Å². The van der Waals surface area contributed by atoms with Crippen molar-refractivity contribution in [3.63, 3.8) is 0 Å². The Morgan fingerprint density at radius 3 is 2.79 bits per heavy atom. The second-order valence-corrected chi connectivity index (χ2v) is 10.5. The molecule has 7 nitrogen and oxygen atoms in total. The molecule has 0 radical (unpaired) electrons. The highest BCUT2D eigenvalue weighted by molar-refractivity contribution is 7.98. The van der Waals surface area contributed by atoms with Crippen LogP contribution >= 0.6 is 34.4 Å². The molecule has 4 aromatic rings. The van der Waals surface area contributed by atoms with Gasteiger partial charge in [0.1, 0.15) is 11.6 Å². The van der Waals surface area contributed by atoms with Gasteiger partial charge in [0.25, 0.3) is 0 Å². The molecule has 0 saturated heterocycles. The van der Waals surface area contributed by atoms with Crippen LogP contribution in [0.15, 0.2) is 52.3 Å². The van der Waals surface area contributed by atoms with E-state index < -0.39 is 0 Å². The molecule has 1 saturated carbocycles. The van der Waals surface area contributed by atoms with E-state index in [9.17, 15) is 4.79 Å². The molecule has 0 unspecified atom stereocenters. The number of anilines is 2. The van der Waals surface area contributed by atoms with Crippen LogP contribution in [0.4, 0.5) is 10.8 Å². The van der Waals surface area contributed by atoms with Gasteiger partial charge in [-0.05, 0) is 36.4 Å². The van der Waals surface area contributed by atoms with E-state index in [4.69, 9.17) is 9.72 Å². The molecule has 0 aliphatic heterocycles. The molecule has 5 rings (SSSR count). The van der Waals surface area contributed by atoms with Crippen LogP contribution in [0.1, 0.15) is 42.2 Å². The lowest BCUT2D eigenvalue weighted by Gasteiger charge is -2.20. The third-order valence-corrected chi connectivity index (χ3v) is 8.01. The minimum Gasteiger partial charge on any atom is -0.495 e. The van der Waals surface area contributed by atoms with Crippen LogP contribution < -0.4 is 9.64 Å². The number of para-hydroxylation sites is 2. The number of benzene rings is 1. The highest BCUT2D eigenvalue weighted by Crippen LogP contribution is 2.40. The lowest BCUT2D eigenvalue weighted by atomic mass is 10.2. The first-order chi connectivity index (χ1) is 16.1. The molecule has 0 spiro atoms. The summed E-state index contributed by atoms with van der Waals surface area (Å²) < 4.78 is 7.75. The number of thiazole rings is 1. The van der Waals surface area contributed by atoms with Gasteiger partial charge in [-0.2, -0.15) is 0 Å². The number of ether oxygens (including phenoxy) is 1. The zero-order valence-electron chi connectivity index (χ0n) is 18.3. The summed E-state index contributed by atoms with van der Waals surface area (Å²) in [5.74, 6) is 2.22. The number of hydrogen-bond acceptors (Lipinski definition) is 8. The van der Waals surface area contributed by atoms with Gasteiger partial charge in [-0.3, -0.25) is 9.69 Å². The van der Waals surface area contributed by atoms with E-state index in [-0.39, 0.29) is 5.91 Å². The van der Waals surface area contributed by atoms with Crippen molar-refractivity contribution in [1.29, 1.82) is 0 Å². The topological polar surface area (TPSA) is 73.1 Å². The van der Waals surface area contributed by atoms with E-state index in [0.717, 1.165) is 23.1 Å². The average Bonchev–Trinajstić information content (AvgIpc) is 3.17. The monoisotopic (exact) mass is 497 g/mol. The predicted octanol–water partition coefficient (Wildman–Crippen LogP) is 5.71. The summed E-state index contributed by atoms with van der Waals surface area (Å²) in [6.45, 7) is 1.54. The van der Waals surface area contributed by atoms with Crippen molar-refractivity contribution in [2.75, 3.05) is 12.0 Å². The smallest absolute Gasteiger partial charge is 0.230 e. The second-order valence-electron chi connectivity index (χ2n) is 7.69. The molecule has 0 N–H and O–H groups in total. The van der Waals surface area contributed by atoms with Crippen LogP contribution in [0.2, 0.25) is 0 Å². The molecule has 1 aromatic carbocycles. The van der Waals surface area contributed by atoms with Crippen LogP contribution in [-0.4, -0.2) is 32.8 Å². The van der Waals surface area contributed by atoms with Gasteiger partial charge < -0.3 is 9.30 Å². The minimum atomic E-state index is -0.111. The number of carbonyl (C=O) groups is 1. The minimum absolute atomic E-state index is 0.111. The highest BCUT2D eigenvalue weighted by atomic mass is 32.2. The molecule has 170 valence electrons. The summed E-state index contributed by atoms with van der Waals surface area (Å²) in [4.78, 5) is 20.1. The Hall–Kier alpha value is -2.69. The molecular formula is C23H23N5O2S3. The van der Waals surface area contributed by atoms with Gasteiger partial charge >= 0.3 is 0 Å². The second kappa shape index (κ2) is 9.66. The van der Waals surface area contributed by atoms with Crippen molar-refractivity contribution >= 4 is 51.2 Å². The first-order valence-electron chi connectivity index (χ1n) is 10.6. The van der Waals surface area contributed by atoms with Crippen molar-refractivity contribution in [3.05, 3.63) is 63.6 Å². The van der Waals surface area contributed by atoms with E-state index in [1.165, 1.54) is 36.0 Å². The maximum atomic E-state index is 12.5. The number of rotatable bonds is 9.